The molecule has 90 valence electrons. The quantitative estimate of drug-likeness (QED) is 0.907. The van der Waals surface area contributed by atoms with Gasteiger partial charge in [-0.1, -0.05) is 0 Å². The summed E-state index contributed by atoms with van der Waals surface area (Å²) in [6.07, 6.45) is 0. The third-order valence-corrected chi connectivity index (χ3v) is 3.61. The molecule has 1 aromatic heterocycles. The van der Waals surface area contributed by atoms with Crippen molar-refractivity contribution in [3.05, 3.63) is 28.5 Å². The Morgan fingerprint density at radius 2 is 1.94 bits per heavy atom. The van der Waals surface area contributed by atoms with Crippen LogP contribution < -0.4 is 15.2 Å². The molecule has 0 spiro atoms. The zero-order valence-corrected chi connectivity index (χ0v) is 10.9. The van der Waals surface area contributed by atoms with Gasteiger partial charge in [0, 0.05) is 27.5 Å². The standard InChI is InChI=1S/C13H15NO2S/c1-8-13(11(14)7-17-8)10-5-4-9(15-2)6-12(10)16-3/h4-7H,14H2,1-3H3. The molecule has 0 amide bonds. The van der Waals surface area contributed by atoms with E-state index in [1.165, 1.54) is 4.88 Å². The molecule has 4 heteroatoms. The third-order valence-electron chi connectivity index (χ3n) is 2.68. The molecule has 1 heterocycles. The first-order valence-corrected chi connectivity index (χ1v) is 6.11. The number of benzene rings is 1. The van der Waals surface area contributed by atoms with E-state index in [2.05, 4.69) is 6.92 Å². The van der Waals surface area contributed by atoms with Gasteiger partial charge in [-0.3, -0.25) is 0 Å². The fourth-order valence-electron chi connectivity index (χ4n) is 1.82. The van der Waals surface area contributed by atoms with Crippen molar-refractivity contribution >= 4 is 17.0 Å². The average molecular weight is 249 g/mol. The molecule has 3 nitrogen and oxygen atoms in total. The van der Waals surface area contributed by atoms with Crippen LogP contribution in [-0.4, -0.2) is 14.2 Å². The van der Waals surface area contributed by atoms with Gasteiger partial charge in [0.2, 0.25) is 0 Å². The van der Waals surface area contributed by atoms with E-state index in [4.69, 9.17) is 15.2 Å². The summed E-state index contributed by atoms with van der Waals surface area (Å²) in [6.45, 7) is 2.06. The Bertz CT molecular complexity index is 515. The first kappa shape index (κ1) is 11.8. The molecule has 0 aliphatic rings. The Morgan fingerprint density at radius 1 is 1.18 bits per heavy atom. The molecule has 0 unspecified atom stereocenters. The lowest BCUT2D eigenvalue weighted by molar-refractivity contribution is 0.395. The van der Waals surface area contributed by atoms with Crippen molar-refractivity contribution in [1.82, 2.24) is 0 Å². The number of aryl methyl sites for hydroxylation is 1. The van der Waals surface area contributed by atoms with E-state index in [1.54, 1.807) is 25.6 Å². The molecule has 2 N–H and O–H groups in total. The Morgan fingerprint density at radius 3 is 2.47 bits per heavy atom. The van der Waals surface area contributed by atoms with Gasteiger partial charge < -0.3 is 15.2 Å². The summed E-state index contributed by atoms with van der Waals surface area (Å²) in [5.41, 5.74) is 8.83. The van der Waals surface area contributed by atoms with Gasteiger partial charge in [-0.25, -0.2) is 0 Å². The summed E-state index contributed by atoms with van der Waals surface area (Å²) < 4.78 is 10.6. The van der Waals surface area contributed by atoms with Crippen molar-refractivity contribution in [2.45, 2.75) is 6.92 Å². The van der Waals surface area contributed by atoms with Gasteiger partial charge in [0.15, 0.2) is 0 Å². The third kappa shape index (κ3) is 2.08. The lowest BCUT2D eigenvalue weighted by atomic mass is 10.0. The molecular weight excluding hydrogens is 234 g/mol. The Balaban J connectivity index is 2.59. The summed E-state index contributed by atoms with van der Waals surface area (Å²) in [4.78, 5) is 1.19. The number of methoxy groups -OCH3 is 2. The molecular formula is C13H15NO2S. The molecule has 0 bridgehead atoms. The van der Waals surface area contributed by atoms with E-state index in [1.807, 2.05) is 23.6 Å². The van der Waals surface area contributed by atoms with Crippen LogP contribution >= 0.6 is 11.3 Å². The van der Waals surface area contributed by atoms with Crippen LogP contribution in [0.5, 0.6) is 11.5 Å². The SMILES string of the molecule is COc1ccc(-c2c(N)csc2C)c(OC)c1. The zero-order valence-electron chi connectivity index (χ0n) is 10.1. The molecule has 1 aromatic carbocycles. The van der Waals surface area contributed by atoms with Crippen LogP contribution in [0, 0.1) is 6.92 Å². The van der Waals surface area contributed by atoms with Crippen LogP contribution in [0.25, 0.3) is 11.1 Å². The van der Waals surface area contributed by atoms with Crippen molar-refractivity contribution in [2.24, 2.45) is 0 Å². The predicted molar refractivity (Wildman–Crippen MR) is 72.0 cm³/mol. The summed E-state index contributed by atoms with van der Waals surface area (Å²) in [5, 5.41) is 1.95. The smallest absolute Gasteiger partial charge is 0.130 e. The normalized spacial score (nSPS) is 10.3. The first-order valence-electron chi connectivity index (χ1n) is 5.23. The van der Waals surface area contributed by atoms with Crippen LogP contribution in [0.3, 0.4) is 0 Å². The highest BCUT2D eigenvalue weighted by Gasteiger charge is 2.14. The summed E-state index contributed by atoms with van der Waals surface area (Å²) in [7, 11) is 3.29. The van der Waals surface area contributed by atoms with Gasteiger partial charge in [0.05, 0.1) is 19.9 Å². The zero-order chi connectivity index (χ0) is 12.4. The molecule has 0 fully saturated rings. The first-order chi connectivity index (χ1) is 8.17. The van der Waals surface area contributed by atoms with E-state index < -0.39 is 0 Å². The second-order valence-electron chi connectivity index (χ2n) is 3.69. The van der Waals surface area contributed by atoms with Crippen LogP contribution in [0.2, 0.25) is 0 Å². The number of nitrogens with two attached hydrogens (primary N) is 1. The van der Waals surface area contributed by atoms with Crippen molar-refractivity contribution < 1.29 is 9.47 Å². The number of rotatable bonds is 3. The number of ether oxygens (including phenoxy) is 2. The van der Waals surface area contributed by atoms with Crippen LogP contribution in [0.1, 0.15) is 4.88 Å². The van der Waals surface area contributed by atoms with Crippen LogP contribution in [0.15, 0.2) is 23.6 Å². The van der Waals surface area contributed by atoms with Crippen LogP contribution in [-0.2, 0) is 0 Å². The fourth-order valence-corrected chi connectivity index (χ4v) is 2.59. The maximum absolute atomic E-state index is 5.99. The Kier molecular flexibility index (Phi) is 3.24. The van der Waals surface area contributed by atoms with Gasteiger partial charge in [-0.05, 0) is 19.1 Å². The second-order valence-corrected chi connectivity index (χ2v) is 4.77. The van der Waals surface area contributed by atoms with E-state index in [9.17, 15) is 0 Å². The summed E-state index contributed by atoms with van der Waals surface area (Å²) in [6, 6.07) is 5.75. The van der Waals surface area contributed by atoms with E-state index in [-0.39, 0.29) is 0 Å². The van der Waals surface area contributed by atoms with Crippen molar-refractivity contribution in [3.63, 3.8) is 0 Å². The highest BCUT2D eigenvalue weighted by Crippen LogP contribution is 2.40. The lowest BCUT2D eigenvalue weighted by Crippen LogP contribution is -1.93. The predicted octanol–water partition coefficient (Wildman–Crippen LogP) is 3.32. The molecule has 0 atom stereocenters. The number of hydrogen-bond acceptors (Lipinski definition) is 4. The lowest BCUT2D eigenvalue weighted by Gasteiger charge is -2.11. The summed E-state index contributed by atoms with van der Waals surface area (Å²) in [5.74, 6) is 1.55. The fraction of sp³-hybridized carbons (Fsp3) is 0.231. The van der Waals surface area contributed by atoms with E-state index in [0.717, 1.165) is 28.3 Å². The van der Waals surface area contributed by atoms with Gasteiger partial charge in [-0.2, -0.15) is 0 Å². The maximum atomic E-state index is 5.99. The molecule has 0 saturated heterocycles. The minimum Gasteiger partial charge on any atom is -0.497 e. The number of nitrogen functional groups attached to an aromatic ring is 1. The molecule has 2 rings (SSSR count). The summed E-state index contributed by atoms with van der Waals surface area (Å²) >= 11 is 1.64. The van der Waals surface area contributed by atoms with Crippen molar-refractivity contribution in [3.8, 4) is 22.6 Å². The van der Waals surface area contributed by atoms with E-state index >= 15 is 0 Å². The number of hydrogen-bond donors (Lipinski definition) is 1. The number of thiophene rings is 1. The molecule has 0 aliphatic carbocycles. The largest absolute Gasteiger partial charge is 0.497 e. The Labute approximate surface area is 105 Å². The topological polar surface area (TPSA) is 44.5 Å². The van der Waals surface area contributed by atoms with Crippen molar-refractivity contribution in [1.29, 1.82) is 0 Å². The minimum absolute atomic E-state index is 0.775. The van der Waals surface area contributed by atoms with Gasteiger partial charge in [-0.15, -0.1) is 11.3 Å². The second kappa shape index (κ2) is 4.67. The average Bonchev–Trinajstić information content (AvgIpc) is 2.68. The molecule has 0 saturated carbocycles. The maximum Gasteiger partial charge on any atom is 0.130 e. The molecule has 17 heavy (non-hydrogen) atoms. The van der Waals surface area contributed by atoms with E-state index in [0.29, 0.717) is 0 Å². The molecule has 0 aliphatic heterocycles. The van der Waals surface area contributed by atoms with Gasteiger partial charge >= 0.3 is 0 Å². The van der Waals surface area contributed by atoms with Gasteiger partial charge in [0.25, 0.3) is 0 Å². The molecule has 2 aromatic rings. The monoisotopic (exact) mass is 249 g/mol. The number of anilines is 1. The highest BCUT2D eigenvalue weighted by molar-refractivity contribution is 7.11. The van der Waals surface area contributed by atoms with Gasteiger partial charge in [0.1, 0.15) is 11.5 Å². The van der Waals surface area contributed by atoms with Crippen LogP contribution in [0.4, 0.5) is 5.69 Å². The minimum atomic E-state index is 0.775. The molecule has 0 radical (unpaired) electrons. The Hall–Kier alpha value is -1.68. The highest BCUT2D eigenvalue weighted by atomic mass is 32.1. The van der Waals surface area contributed by atoms with Crippen molar-refractivity contribution in [2.75, 3.05) is 20.0 Å².